The molecule has 33 heteroatoms. The largest absolute Gasteiger partial charge is 0.508 e. The minimum atomic E-state index is -2.00. The fourth-order valence-corrected chi connectivity index (χ4v) is 8.05. The molecule has 466 valence electrons. The van der Waals surface area contributed by atoms with Crippen LogP contribution in [0.2, 0.25) is 0 Å². The Kier molecular flexibility index (Phi) is 29.7. The summed E-state index contributed by atoms with van der Waals surface area (Å²) in [6.45, 7) is 8.23. The van der Waals surface area contributed by atoms with Gasteiger partial charge in [-0.2, -0.15) is 0 Å². The molecular weight excluding hydrogens is 1110 g/mol. The molecule has 0 saturated heterocycles. The summed E-state index contributed by atoms with van der Waals surface area (Å²) in [5.74, 6) is -14.6. The molecule has 1 aromatic carbocycles. The van der Waals surface area contributed by atoms with Crippen molar-refractivity contribution < 1.29 is 78.0 Å². The number of hydrogen-bond acceptors (Lipinski definition) is 18. The van der Waals surface area contributed by atoms with Crippen LogP contribution in [0.1, 0.15) is 91.3 Å². The summed E-state index contributed by atoms with van der Waals surface area (Å²) in [4.78, 5) is 171. The quantitative estimate of drug-likeness (QED) is 0.0170. The molecule has 1 aromatic heterocycles. The third-order valence-corrected chi connectivity index (χ3v) is 12.7. The molecule has 1 heterocycles. The number of aliphatic hydroxyl groups is 2. The molecule has 84 heavy (non-hydrogen) atoms. The number of H-pyrrole nitrogens is 1. The van der Waals surface area contributed by atoms with E-state index in [0.717, 1.165) is 13.8 Å². The lowest BCUT2D eigenvalue weighted by molar-refractivity contribution is -0.143. The summed E-state index contributed by atoms with van der Waals surface area (Å²) in [6, 6.07) is -9.87. The number of carbonyl (C=O) groups is 12. The Hall–Kier alpha value is -8.98. The van der Waals surface area contributed by atoms with Gasteiger partial charge in [-0.25, -0.2) is 9.78 Å². The number of aliphatic hydroxyl groups excluding tert-OH is 2. The smallest absolute Gasteiger partial charge is 0.326 e. The fourth-order valence-electron chi connectivity index (χ4n) is 8.05. The second-order valence-corrected chi connectivity index (χ2v) is 20.4. The van der Waals surface area contributed by atoms with E-state index in [1.54, 1.807) is 27.7 Å². The molecule has 0 spiro atoms. The van der Waals surface area contributed by atoms with E-state index in [1.165, 1.54) is 36.8 Å². The number of imidazole rings is 1. The van der Waals surface area contributed by atoms with Crippen molar-refractivity contribution >= 4 is 76.9 Å². The van der Waals surface area contributed by atoms with Crippen LogP contribution in [0, 0.1) is 11.8 Å². The first-order chi connectivity index (χ1) is 39.4. The maximum absolute atomic E-state index is 14.3. The number of amides is 11. The van der Waals surface area contributed by atoms with E-state index in [9.17, 15) is 78.0 Å². The first-order valence-corrected chi connectivity index (χ1v) is 26.8. The van der Waals surface area contributed by atoms with Crippen molar-refractivity contribution in [2.45, 2.75) is 159 Å². The van der Waals surface area contributed by atoms with Gasteiger partial charge < -0.3 is 102 Å². The van der Waals surface area contributed by atoms with E-state index in [4.69, 9.17) is 28.7 Å². The number of guanidine groups is 1. The number of primary amides is 2. The number of carbonyl (C=O) groups excluding carboxylic acids is 11. The Morgan fingerprint density at radius 1 is 0.583 bits per heavy atom. The van der Waals surface area contributed by atoms with Gasteiger partial charge >= 0.3 is 5.97 Å². The normalized spacial score (nSPS) is 15.4. The van der Waals surface area contributed by atoms with Gasteiger partial charge in [0.25, 0.3) is 0 Å². The maximum Gasteiger partial charge on any atom is 0.326 e. The Bertz CT molecular complexity index is 2610. The van der Waals surface area contributed by atoms with E-state index >= 15 is 0 Å². The van der Waals surface area contributed by atoms with Crippen LogP contribution in [0.15, 0.2) is 41.8 Å². The highest BCUT2D eigenvalue weighted by Crippen LogP contribution is 2.15. The van der Waals surface area contributed by atoms with Gasteiger partial charge in [0.1, 0.15) is 60.1 Å². The lowest BCUT2D eigenvalue weighted by Crippen LogP contribution is -2.63. The minimum Gasteiger partial charge on any atom is -0.508 e. The van der Waals surface area contributed by atoms with E-state index in [-0.39, 0.29) is 49.9 Å². The summed E-state index contributed by atoms with van der Waals surface area (Å²) >= 11 is 0. The Morgan fingerprint density at radius 2 is 1.02 bits per heavy atom. The lowest BCUT2D eigenvalue weighted by Gasteiger charge is -2.30. The van der Waals surface area contributed by atoms with Crippen LogP contribution in [-0.2, 0) is 70.4 Å². The zero-order valence-corrected chi connectivity index (χ0v) is 47.5. The number of nitrogens with one attached hydrogen (secondary N) is 10. The van der Waals surface area contributed by atoms with Crippen molar-refractivity contribution in [1.29, 1.82) is 0 Å². The number of phenolic OH excluding ortho intramolecular Hbond substituents is 1. The molecule has 0 aliphatic carbocycles. The summed E-state index contributed by atoms with van der Waals surface area (Å²) in [7, 11) is 0. The summed E-state index contributed by atoms with van der Waals surface area (Å²) in [5, 5.41) is 62.7. The van der Waals surface area contributed by atoms with Gasteiger partial charge in [0.05, 0.1) is 37.9 Å². The Balaban J connectivity index is 2.50. The molecule has 0 bridgehead atoms. The SMILES string of the molecule is CC[C@H](C)[C@H](NC(=O)[C@H](CC(N)=O)NC(=O)[C@H](CCCN=C(N)N)NC(=O)[C@@H](NC(=O)[C@@H](NC(=O)[C@H](Cc1ccc(O)cc1)NC(=O)[C@H](CC(N)=O)NC(=O)[C@H](Cc1cnc[nH]1)NC(=O)CN)[C@@H](C)O)[C@@H](C)O)C(=O)N[C@@H](CC(C)C)C(=O)O. The van der Waals surface area contributed by atoms with Gasteiger partial charge in [-0.3, -0.25) is 57.7 Å². The van der Waals surface area contributed by atoms with Crippen LogP contribution in [0.5, 0.6) is 5.75 Å². The molecule has 0 aliphatic heterocycles. The van der Waals surface area contributed by atoms with Gasteiger partial charge in [-0.15, -0.1) is 0 Å². The molecule has 0 unspecified atom stereocenters. The summed E-state index contributed by atoms with van der Waals surface area (Å²) in [5.41, 5.74) is 27.9. The number of nitrogens with zero attached hydrogens (tertiary/aromatic N) is 2. The predicted octanol–water partition coefficient (Wildman–Crippen LogP) is -7.03. The fraction of sp³-hybridized carbons (Fsp3) is 0.569. The number of aliphatic imine (C=N–C) groups is 1. The number of aromatic amines is 1. The molecule has 11 amide bonds. The second kappa shape index (κ2) is 35.1. The zero-order valence-electron chi connectivity index (χ0n) is 47.5. The van der Waals surface area contributed by atoms with Crippen molar-refractivity contribution in [3.8, 4) is 5.75 Å². The van der Waals surface area contributed by atoms with E-state index < -0.39 is 169 Å². The third kappa shape index (κ3) is 25.0. The zero-order chi connectivity index (χ0) is 63.5. The lowest BCUT2D eigenvalue weighted by atomic mass is 9.96. The molecule has 0 radical (unpaired) electrons. The summed E-state index contributed by atoms with van der Waals surface area (Å²) in [6.07, 6.45) is -3.25. The maximum atomic E-state index is 14.3. The van der Waals surface area contributed by atoms with Crippen molar-refractivity contribution in [1.82, 2.24) is 57.8 Å². The Labute approximate surface area is 483 Å². The van der Waals surface area contributed by atoms with Crippen LogP contribution in [0.25, 0.3) is 0 Å². The van der Waals surface area contributed by atoms with Gasteiger partial charge in [0.15, 0.2) is 5.96 Å². The molecule has 0 aliphatic rings. The van der Waals surface area contributed by atoms with Crippen LogP contribution < -0.4 is 76.5 Å². The average molecular weight is 1190 g/mol. The number of benzene rings is 1. The highest BCUT2D eigenvalue weighted by molar-refractivity contribution is 6.00. The van der Waals surface area contributed by atoms with Crippen molar-refractivity contribution in [3.05, 3.63) is 48.0 Å². The second-order valence-electron chi connectivity index (χ2n) is 20.4. The highest BCUT2D eigenvalue weighted by Gasteiger charge is 2.39. The van der Waals surface area contributed by atoms with Gasteiger partial charge in [0, 0.05) is 31.3 Å². The van der Waals surface area contributed by atoms with Crippen molar-refractivity contribution in [3.63, 3.8) is 0 Å². The number of phenols is 1. The highest BCUT2D eigenvalue weighted by atomic mass is 16.4. The minimum absolute atomic E-state index is 0.0425. The number of aromatic hydroxyl groups is 1. The first kappa shape index (κ1) is 71.1. The molecule has 33 nitrogen and oxygen atoms in total. The number of aliphatic carboxylic acids is 1. The van der Waals surface area contributed by atoms with Crippen molar-refractivity contribution in [2.75, 3.05) is 13.1 Å². The molecule has 12 atom stereocenters. The van der Waals surface area contributed by atoms with Crippen molar-refractivity contribution in [2.24, 2.45) is 45.5 Å². The number of carboxylic acid groups (broad SMARTS) is 1. The number of nitrogens with two attached hydrogens (primary N) is 5. The molecule has 2 rings (SSSR count). The third-order valence-electron chi connectivity index (χ3n) is 12.7. The number of carboxylic acids is 1. The van der Waals surface area contributed by atoms with E-state index in [2.05, 4.69) is 62.8 Å². The van der Waals surface area contributed by atoms with Gasteiger partial charge in [-0.1, -0.05) is 46.2 Å². The average Bonchev–Trinajstić information content (AvgIpc) is 3.92. The van der Waals surface area contributed by atoms with Gasteiger partial charge in [-0.05, 0) is 62.6 Å². The predicted molar refractivity (Wildman–Crippen MR) is 298 cm³/mol. The number of rotatable bonds is 37. The number of aromatic nitrogens is 2. The van der Waals surface area contributed by atoms with Crippen LogP contribution in [-0.4, -0.2) is 187 Å². The topological polar surface area (TPSA) is 565 Å². The first-order valence-electron chi connectivity index (χ1n) is 26.8. The molecular formula is C51H81N17O16. The number of hydrogen-bond donors (Lipinski definition) is 19. The molecule has 0 saturated carbocycles. The molecule has 2 aromatic rings. The summed E-state index contributed by atoms with van der Waals surface area (Å²) < 4.78 is 0. The van der Waals surface area contributed by atoms with E-state index in [1.807, 2.05) is 0 Å². The molecule has 24 N–H and O–H groups in total. The van der Waals surface area contributed by atoms with Crippen LogP contribution >= 0.6 is 0 Å². The van der Waals surface area contributed by atoms with Crippen LogP contribution in [0.3, 0.4) is 0 Å². The van der Waals surface area contributed by atoms with Crippen LogP contribution in [0.4, 0.5) is 0 Å². The van der Waals surface area contributed by atoms with E-state index in [0.29, 0.717) is 17.7 Å². The molecule has 0 fully saturated rings. The van der Waals surface area contributed by atoms with Gasteiger partial charge in [0.2, 0.25) is 65.0 Å². The Morgan fingerprint density at radius 3 is 1.50 bits per heavy atom. The standard InChI is InChI=1S/C51H81N17O16/c1-7-24(4)39(47(80)65-35(50(83)84)15-23(2)3)66-46(79)34(19-37(54)73)63-42(75)30(9-8-14-58-51(55)56)61-48(81)40(25(5)69)68-49(82)41(26(6)70)67-45(78)31(16-27-10-12-29(71)13-11-27)62-44(77)33(18-36(53)72)64-43(76)32(60-38(74)20-52)17-28-21-57-22-59-28/h10-13,21-26,30-35,39-41,69-71H,7-9,14-20,52H2,1-6H3,(H2,53,72)(H2,54,73)(H,57,59)(H,60,74)(H,61,81)(H,62,77)(H,63,75)(H,64,76)(H,65,80)(H,66,79)(H,67,78)(H,68,82)(H,83,84)(H4,55,56,58)/t24-,25+,26+,30-,31-,32-,33-,34-,35-,39-,40-,41-/m0/s1. The monoisotopic (exact) mass is 1190 g/mol.